The molecule has 8 nitrogen and oxygen atoms in total. The van der Waals surface area contributed by atoms with Crippen molar-refractivity contribution in [3.05, 3.63) is 76.7 Å². The molecule has 0 aliphatic heterocycles. The molecule has 0 radical (unpaired) electrons. The molecular formula is C20H18N3O5+. The summed E-state index contributed by atoms with van der Waals surface area (Å²) in [5, 5.41) is 10.9. The fourth-order valence-corrected chi connectivity index (χ4v) is 2.69. The Kier molecular flexibility index (Phi) is 5.59. The van der Waals surface area contributed by atoms with Gasteiger partial charge in [-0.25, -0.2) is 4.57 Å². The first-order valence-electron chi connectivity index (χ1n) is 8.37. The van der Waals surface area contributed by atoms with Crippen LogP contribution in [-0.4, -0.2) is 29.9 Å². The first kappa shape index (κ1) is 19.0. The number of benzene rings is 2. The fraction of sp³-hybridized carbons (Fsp3) is 0.150. The number of hydrogen-bond acceptors (Lipinski definition) is 6. The van der Waals surface area contributed by atoms with Crippen LogP contribution >= 0.6 is 0 Å². The van der Waals surface area contributed by atoms with Gasteiger partial charge < -0.3 is 9.47 Å². The van der Waals surface area contributed by atoms with Crippen LogP contribution in [0.4, 0.5) is 5.69 Å². The normalized spacial score (nSPS) is 10.4. The predicted octanol–water partition coefficient (Wildman–Crippen LogP) is 2.84. The number of nitro benzene ring substituents is 1. The molecule has 142 valence electrons. The number of nitro groups is 1. The number of aromatic nitrogens is 2. The minimum atomic E-state index is -0.524. The van der Waals surface area contributed by atoms with Crippen molar-refractivity contribution in [2.24, 2.45) is 0 Å². The molecule has 1 aromatic heterocycles. The summed E-state index contributed by atoms with van der Waals surface area (Å²) in [6, 6.07) is 12.9. The Labute approximate surface area is 161 Å². The van der Waals surface area contributed by atoms with Gasteiger partial charge in [-0.2, -0.15) is 0 Å². The second-order valence-corrected chi connectivity index (χ2v) is 5.92. The average molecular weight is 380 g/mol. The zero-order valence-corrected chi connectivity index (χ0v) is 15.4. The number of non-ortho nitro benzene ring substituents is 1. The third-order valence-corrected chi connectivity index (χ3v) is 4.15. The van der Waals surface area contributed by atoms with Gasteiger partial charge >= 0.3 is 0 Å². The molecule has 0 amide bonds. The summed E-state index contributed by atoms with van der Waals surface area (Å²) in [7, 11) is 3.13. The van der Waals surface area contributed by atoms with E-state index >= 15 is 0 Å². The van der Waals surface area contributed by atoms with Crippen molar-refractivity contribution in [1.82, 2.24) is 4.98 Å². The van der Waals surface area contributed by atoms with E-state index in [9.17, 15) is 14.9 Å². The summed E-state index contributed by atoms with van der Waals surface area (Å²) in [6.45, 7) is 0.0282. The van der Waals surface area contributed by atoms with Crippen molar-refractivity contribution in [3.63, 3.8) is 0 Å². The Hall–Kier alpha value is -3.81. The number of Topliss-reactive ketones (excluding diaryl/α,β-unsaturated/α-hetero) is 1. The first-order chi connectivity index (χ1) is 13.5. The monoisotopic (exact) mass is 380 g/mol. The molecule has 3 aromatic rings. The molecule has 2 aromatic carbocycles. The zero-order chi connectivity index (χ0) is 20.1. The highest BCUT2D eigenvalue weighted by atomic mass is 16.6. The lowest BCUT2D eigenvalue weighted by Crippen LogP contribution is -2.37. The van der Waals surface area contributed by atoms with E-state index < -0.39 is 4.92 Å². The van der Waals surface area contributed by atoms with E-state index in [0.29, 0.717) is 17.2 Å². The number of rotatable bonds is 7. The molecule has 0 aliphatic carbocycles. The summed E-state index contributed by atoms with van der Waals surface area (Å²) in [6.07, 6.45) is 3.27. The number of carbonyl (C=O) groups is 1. The van der Waals surface area contributed by atoms with Crippen LogP contribution in [0.1, 0.15) is 10.4 Å². The number of nitrogens with zero attached hydrogens (tertiary/aromatic N) is 3. The Morgan fingerprint density at radius 2 is 1.89 bits per heavy atom. The highest BCUT2D eigenvalue weighted by molar-refractivity contribution is 5.95. The van der Waals surface area contributed by atoms with E-state index in [1.807, 2.05) is 12.1 Å². The lowest BCUT2D eigenvalue weighted by Gasteiger charge is -2.08. The van der Waals surface area contributed by atoms with Gasteiger partial charge in [-0.05, 0) is 23.2 Å². The minimum Gasteiger partial charge on any atom is -0.493 e. The molecule has 0 bridgehead atoms. The highest BCUT2D eigenvalue weighted by Crippen LogP contribution is 2.31. The Bertz CT molecular complexity index is 1020. The molecule has 0 saturated carbocycles. The Morgan fingerprint density at radius 1 is 1.11 bits per heavy atom. The van der Waals surface area contributed by atoms with E-state index in [0.717, 1.165) is 5.56 Å². The Morgan fingerprint density at radius 3 is 2.54 bits per heavy atom. The summed E-state index contributed by atoms with van der Waals surface area (Å²) in [5.41, 5.74) is 1.72. The Balaban J connectivity index is 1.77. The zero-order valence-electron chi connectivity index (χ0n) is 15.4. The van der Waals surface area contributed by atoms with Gasteiger partial charge in [0.2, 0.25) is 5.78 Å². The summed E-state index contributed by atoms with van der Waals surface area (Å²) >= 11 is 0. The van der Waals surface area contributed by atoms with Gasteiger partial charge in [0.15, 0.2) is 23.7 Å². The number of methoxy groups -OCH3 is 2. The highest BCUT2D eigenvalue weighted by Gasteiger charge is 2.15. The maximum Gasteiger partial charge on any atom is 0.287 e. The molecule has 0 fully saturated rings. The van der Waals surface area contributed by atoms with Crippen molar-refractivity contribution in [1.29, 1.82) is 0 Å². The fourth-order valence-electron chi connectivity index (χ4n) is 2.69. The number of ether oxygens (including phenoxy) is 2. The van der Waals surface area contributed by atoms with Crippen LogP contribution in [0.5, 0.6) is 11.5 Å². The SMILES string of the molecule is COc1ccc(-c2cc[n+](CC(=O)c3cccc([N+](=O)[O-])c3)cn2)cc1OC. The third-order valence-electron chi connectivity index (χ3n) is 4.15. The maximum atomic E-state index is 12.4. The molecule has 1 heterocycles. The van der Waals surface area contributed by atoms with E-state index in [-0.39, 0.29) is 23.6 Å². The molecule has 0 atom stereocenters. The van der Waals surface area contributed by atoms with Crippen molar-refractivity contribution < 1.29 is 23.8 Å². The molecule has 0 spiro atoms. The van der Waals surface area contributed by atoms with Crippen molar-refractivity contribution in [3.8, 4) is 22.8 Å². The van der Waals surface area contributed by atoms with Gasteiger partial charge in [0, 0.05) is 29.3 Å². The standard InChI is InChI=1S/C20H18N3O5/c1-27-19-7-6-14(11-20(19)28-2)17-8-9-22(13-21-17)12-18(24)15-4-3-5-16(10-15)23(25)26/h3-11,13H,12H2,1-2H3/q+1. The van der Waals surface area contributed by atoms with Crippen LogP contribution in [0, 0.1) is 10.1 Å². The van der Waals surface area contributed by atoms with Gasteiger partial charge in [-0.1, -0.05) is 12.1 Å². The predicted molar refractivity (Wildman–Crippen MR) is 100 cm³/mol. The third kappa shape index (κ3) is 4.12. The van der Waals surface area contributed by atoms with Crippen LogP contribution in [-0.2, 0) is 6.54 Å². The number of ketones is 1. The van der Waals surface area contributed by atoms with E-state index in [1.54, 1.807) is 49.5 Å². The molecule has 0 unspecified atom stereocenters. The second kappa shape index (κ2) is 8.26. The quantitative estimate of drug-likeness (QED) is 0.271. The molecular weight excluding hydrogens is 362 g/mol. The van der Waals surface area contributed by atoms with Crippen LogP contribution in [0.25, 0.3) is 11.3 Å². The van der Waals surface area contributed by atoms with E-state index in [2.05, 4.69) is 4.98 Å². The van der Waals surface area contributed by atoms with E-state index in [4.69, 9.17) is 9.47 Å². The van der Waals surface area contributed by atoms with Crippen molar-refractivity contribution in [2.75, 3.05) is 14.2 Å². The summed E-state index contributed by atoms with van der Waals surface area (Å²) in [5.74, 6) is 0.980. The van der Waals surface area contributed by atoms with Gasteiger partial charge in [-0.3, -0.25) is 14.9 Å². The number of carbonyl (C=O) groups excluding carboxylic acids is 1. The average Bonchev–Trinajstić information content (AvgIpc) is 2.73. The van der Waals surface area contributed by atoms with E-state index in [1.165, 1.54) is 18.2 Å². The lowest BCUT2D eigenvalue weighted by molar-refractivity contribution is -0.686. The molecule has 28 heavy (non-hydrogen) atoms. The molecule has 0 N–H and O–H groups in total. The first-order valence-corrected chi connectivity index (χ1v) is 8.37. The van der Waals surface area contributed by atoms with Gasteiger partial charge in [0.25, 0.3) is 12.0 Å². The molecule has 8 heteroatoms. The largest absolute Gasteiger partial charge is 0.493 e. The van der Waals surface area contributed by atoms with Crippen molar-refractivity contribution in [2.45, 2.75) is 6.54 Å². The lowest BCUT2D eigenvalue weighted by atomic mass is 10.1. The summed E-state index contributed by atoms with van der Waals surface area (Å²) in [4.78, 5) is 27.1. The molecule has 3 rings (SSSR count). The van der Waals surface area contributed by atoms with Gasteiger partial charge in [0.1, 0.15) is 0 Å². The van der Waals surface area contributed by atoms with Crippen molar-refractivity contribution >= 4 is 11.5 Å². The summed E-state index contributed by atoms with van der Waals surface area (Å²) < 4.78 is 12.1. The molecule has 0 aliphatic rings. The topological polar surface area (TPSA) is 95.4 Å². The minimum absolute atomic E-state index is 0.0282. The van der Waals surface area contributed by atoms with Crippen LogP contribution in [0.15, 0.2) is 61.1 Å². The van der Waals surface area contributed by atoms with Gasteiger partial charge in [-0.15, -0.1) is 0 Å². The van der Waals surface area contributed by atoms with Crippen LogP contribution < -0.4 is 14.0 Å². The number of hydrogen-bond donors (Lipinski definition) is 0. The smallest absolute Gasteiger partial charge is 0.287 e. The molecule has 0 saturated heterocycles. The van der Waals surface area contributed by atoms with Gasteiger partial charge in [0.05, 0.1) is 25.3 Å². The van der Waals surface area contributed by atoms with Crippen LogP contribution in [0.3, 0.4) is 0 Å². The second-order valence-electron chi connectivity index (χ2n) is 5.92. The maximum absolute atomic E-state index is 12.4. The van der Waals surface area contributed by atoms with Crippen LogP contribution in [0.2, 0.25) is 0 Å².